The Morgan fingerprint density at radius 3 is 2.06 bits per heavy atom. The number of hydrogen-bond donors (Lipinski definition) is 1. The number of fused-ring (bicyclic) bond motifs is 1. The Morgan fingerprint density at radius 2 is 1.47 bits per heavy atom. The van der Waals surface area contributed by atoms with E-state index in [1.165, 1.54) is 7.11 Å². The molecule has 2 aliphatic heterocycles. The van der Waals surface area contributed by atoms with Crippen molar-refractivity contribution in [2.24, 2.45) is 11.8 Å². The fraction of sp³-hybridized carbons (Fsp3) is 0.192. The third kappa shape index (κ3) is 3.33. The van der Waals surface area contributed by atoms with Crippen LogP contribution < -0.4 is 10.2 Å². The first-order chi connectivity index (χ1) is 16.4. The Bertz CT molecular complexity index is 1260. The van der Waals surface area contributed by atoms with Crippen LogP contribution in [0.25, 0.3) is 0 Å². The van der Waals surface area contributed by atoms with Gasteiger partial charge in [-0.15, -0.1) is 0 Å². The molecule has 2 aliphatic rings. The van der Waals surface area contributed by atoms with E-state index in [0.717, 1.165) is 10.5 Å². The molecule has 0 bridgehead atoms. The predicted octanol–water partition coefficient (Wildman–Crippen LogP) is 4.51. The zero-order valence-electron chi connectivity index (χ0n) is 18.1. The summed E-state index contributed by atoms with van der Waals surface area (Å²) in [6.45, 7) is 0. The average molecular weight is 495 g/mol. The molecule has 6 nitrogen and oxygen atoms in total. The van der Waals surface area contributed by atoms with E-state index in [2.05, 4.69) is 5.32 Å². The number of esters is 1. The molecule has 8 heteroatoms. The second kappa shape index (κ2) is 8.55. The van der Waals surface area contributed by atoms with Crippen LogP contribution in [0.2, 0.25) is 10.0 Å². The van der Waals surface area contributed by atoms with Gasteiger partial charge < -0.3 is 4.74 Å². The minimum absolute atomic E-state index is 0.397. The van der Waals surface area contributed by atoms with Gasteiger partial charge in [0.1, 0.15) is 0 Å². The van der Waals surface area contributed by atoms with Gasteiger partial charge in [-0.05, 0) is 47.5 Å². The number of carbonyl (C=O) groups is 3. The van der Waals surface area contributed by atoms with Gasteiger partial charge in [-0.2, -0.15) is 0 Å². The highest BCUT2D eigenvalue weighted by Gasteiger charge is 2.69. The average Bonchev–Trinajstić information content (AvgIpc) is 3.35. The molecule has 3 aromatic carbocycles. The highest BCUT2D eigenvalue weighted by molar-refractivity contribution is 6.31. The molecule has 34 heavy (non-hydrogen) atoms. The molecule has 2 fully saturated rings. The van der Waals surface area contributed by atoms with Gasteiger partial charge >= 0.3 is 5.97 Å². The summed E-state index contributed by atoms with van der Waals surface area (Å²) in [5.74, 6) is -3.37. The molecule has 3 aromatic rings. The minimum atomic E-state index is -1.56. The number of nitrogens with one attached hydrogen (secondary N) is 1. The van der Waals surface area contributed by atoms with Crippen LogP contribution in [-0.2, 0) is 24.7 Å². The Kier molecular flexibility index (Phi) is 5.68. The van der Waals surface area contributed by atoms with Gasteiger partial charge in [0.15, 0.2) is 5.54 Å². The summed E-state index contributed by atoms with van der Waals surface area (Å²) >= 11 is 12.1. The van der Waals surface area contributed by atoms with Crippen LogP contribution in [-0.4, -0.2) is 24.9 Å². The van der Waals surface area contributed by atoms with Crippen molar-refractivity contribution in [3.8, 4) is 0 Å². The third-order valence-electron chi connectivity index (χ3n) is 6.61. The quantitative estimate of drug-likeness (QED) is 0.426. The van der Waals surface area contributed by atoms with E-state index < -0.39 is 41.2 Å². The number of methoxy groups -OCH3 is 1. The van der Waals surface area contributed by atoms with Gasteiger partial charge in [-0.25, -0.2) is 9.69 Å². The zero-order chi connectivity index (χ0) is 24.0. The molecular formula is C26H20Cl2N2O4. The number of imide groups is 1. The predicted molar refractivity (Wildman–Crippen MR) is 128 cm³/mol. The second-order valence-corrected chi connectivity index (χ2v) is 9.20. The maximum Gasteiger partial charge on any atom is 0.331 e. The summed E-state index contributed by atoms with van der Waals surface area (Å²) in [6, 6.07) is 21.7. The number of rotatable bonds is 4. The monoisotopic (exact) mass is 494 g/mol. The Balaban J connectivity index is 1.72. The summed E-state index contributed by atoms with van der Waals surface area (Å²) in [5.41, 5.74) is 0.127. The van der Waals surface area contributed by atoms with Crippen molar-refractivity contribution in [2.45, 2.75) is 11.6 Å². The van der Waals surface area contributed by atoms with E-state index in [-0.39, 0.29) is 0 Å². The van der Waals surface area contributed by atoms with Gasteiger partial charge in [0.2, 0.25) is 11.8 Å². The summed E-state index contributed by atoms with van der Waals surface area (Å²) in [6.07, 6.45) is 0. The smallest absolute Gasteiger partial charge is 0.331 e. The molecule has 2 heterocycles. The highest BCUT2D eigenvalue weighted by atomic mass is 35.5. The topological polar surface area (TPSA) is 75.7 Å². The normalized spacial score (nSPS) is 26.0. The van der Waals surface area contributed by atoms with Crippen LogP contribution in [0.5, 0.6) is 0 Å². The Morgan fingerprint density at radius 1 is 0.882 bits per heavy atom. The Labute approximate surface area is 206 Å². The summed E-state index contributed by atoms with van der Waals surface area (Å²) in [7, 11) is 1.28. The molecule has 0 radical (unpaired) electrons. The molecule has 1 N–H and O–H groups in total. The maximum atomic E-state index is 13.9. The van der Waals surface area contributed by atoms with Crippen molar-refractivity contribution in [3.05, 3.63) is 100 Å². The lowest BCUT2D eigenvalue weighted by Crippen LogP contribution is -2.53. The molecule has 2 amide bonds. The lowest BCUT2D eigenvalue weighted by Gasteiger charge is -2.33. The van der Waals surface area contributed by atoms with E-state index in [0.29, 0.717) is 21.3 Å². The van der Waals surface area contributed by atoms with E-state index >= 15 is 0 Å². The number of anilines is 1. The van der Waals surface area contributed by atoms with Crippen molar-refractivity contribution in [1.29, 1.82) is 0 Å². The van der Waals surface area contributed by atoms with Crippen LogP contribution in [0.1, 0.15) is 17.2 Å². The fourth-order valence-corrected chi connectivity index (χ4v) is 5.39. The maximum absolute atomic E-state index is 13.9. The van der Waals surface area contributed by atoms with E-state index in [4.69, 9.17) is 27.9 Å². The lowest BCUT2D eigenvalue weighted by molar-refractivity contribution is -0.152. The van der Waals surface area contributed by atoms with Gasteiger partial charge in [-0.1, -0.05) is 65.7 Å². The molecule has 0 saturated carbocycles. The molecule has 4 unspecified atom stereocenters. The highest BCUT2D eigenvalue weighted by Crippen LogP contribution is 2.54. The first-order valence-electron chi connectivity index (χ1n) is 10.7. The summed E-state index contributed by atoms with van der Waals surface area (Å²) in [4.78, 5) is 42.3. The molecule has 5 rings (SSSR count). The summed E-state index contributed by atoms with van der Waals surface area (Å²) < 4.78 is 5.22. The largest absolute Gasteiger partial charge is 0.467 e. The molecule has 2 saturated heterocycles. The molecule has 0 spiro atoms. The van der Waals surface area contributed by atoms with E-state index in [1.54, 1.807) is 72.8 Å². The van der Waals surface area contributed by atoms with Crippen molar-refractivity contribution in [2.75, 3.05) is 12.0 Å². The van der Waals surface area contributed by atoms with Crippen molar-refractivity contribution in [3.63, 3.8) is 0 Å². The van der Waals surface area contributed by atoms with Crippen LogP contribution >= 0.6 is 23.2 Å². The van der Waals surface area contributed by atoms with Crippen LogP contribution in [0, 0.1) is 11.8 Å². The summed E-state index contributed by atoms with van der Waals surface area (Å²) in [5, 5.41) is 4.37. The number of ether oxygens (including phenoxy) is 1. The van der Waals surface area contributed by atoms with Crippen LogP contribution in [0.3, 0.4) is 0 Å². The van der Waals surface area contributed by atoms with Crippen LogP contribution in [0.4, 0.5) is 5.69 Å². The second-order valence-electron chi connectivity index (χ2n) is 8.33. The van der Waals surface area contributed by atoms with Crippen molar-refractivity contribution < 1.29 is 19.1 Å². The molecule has 172 valence electrons. The van der Waals surface area contributed by atoms with E-state index in [1.807, 2.05) is 6.07 Å². The van der Waals surface area contributed by atoms with Gasteiger partial charge in [-0.3, -0.25) is 14.9 Å². The number of benzene rings is 3. The van der Waals surface area contributed by atoms with Crippen LogP contribution in [0.15, 0.2) is 78.9 Å². The fourth-order valence-electron chi connectivity index (χ4n) is 5.14. The number of halogens is 2. The molecule has 4 atom stereocenters. The molecule has 0 aromatic heterocycles. The number of hydrogen-bond acceptors (Lipinski definition) is 5. The van der Waals surface area contributed by atoms with Crippen molar-refractivity contribution >= 4 is 46.7 Å². The molecular weight excluding hydrogens is 475 g/mol. The number of nitrogens with zero attached hydrogens (tertiary/aromatic N) is 1. The Hall–Kier alpha value is -3.19. The van der Waals surface area contributed by atoms with Gasteiger partial charge in [0.25, 0.3) is 0 Å². The number of amides is 2. The minimum Gasteiger partial charge on any atom is -0.467 e. The first kappa shape index (κ1) is 22.6. The van der Waals surface area contributed by atoms with Gasteiger partial charge in [0, 0.05) is 16.1 Å². The van der Waals surface area contributed by atoms with E-state index in [9.17, 15) is 14.4 Å². The van der Waals surface area contributed by atoms with Crippen molar-refractivity contribution in [1.82, 2.24) is 5.32 Å². The molecule has 0 aliphatic carbocycles. The first-order valence-corrected chi connectivity index (χ1v) is 11.4. The third-order valence-corrected chi connectivity index (χ3v) is 7.11. The van der Waals surface area contributed by atoms with Gasteiger partial charge in [0.05, 0.1) is 24.6 Å². The lowest BCUT2D eigenvalue weighted by atomic mass is 9.75. The number of carbonyl (C=O) groups excluding carboxylic acids is 3. The standard InChI is InChI=1S/C26H20Cl2N2O4/c1-34-25(33)26(16-5-3-2-4-6-16)21-20(22(29-26)15-7-9-17(27)10-8-15)23(31)30(24(21)32)19-13-11-18(28)12-14-19/h2-14,20-22,29H,1H3. The SMILES string of the molecule is COC(=O)C1(c2ccccc2)NC(c2ccc(Cl)cc2)C2C(=O)N(c3ccc(Cl)cc3)C(=O)C21. The zero-order valence-corrected chi connectivity index (χ0v) is 19.6.